The average Bonchev–Trinajstić information content (AvgIpc) is 2.25. The molecule has 0 spiro atoms. The molecule has 1 atom stereocenters. The van der Waals surface area contributed by atoms with Crippen molar-refractivity contribution in [2.24, 2.45) is 0 Å². The Morgan fingerprint density at radius 3 is 2.87 bits per heavy atom. The molecule has 0 bridgehead atoms. The Balaban J connectivity index is 2.13. The number of likely N-dealkylation sites (tertiary alicyclic amines) is 1. The number of nitrogens with zero attached hydrogens (tertiary/aromatic N) is 2. The van der Waals surface area contributed by atoms with Crippen molar-refractivity contribution in [3.05, 3.63) is 0 Å². The van der Waals surface area contributed by atoms with E-state index in [0.29, 0.717) is 18.5 Å². The molecule has 15 heavy (non-hydrogen) atoms. The van der Waals surface area contributed by atoms with Crippen LogP contribution in [-0.4, -0.2) is 68.7 Å². The monoisotopic (exact) mass is 234 g/mol. The molecule has 1 saturated heterocycles. The summed E-state index contributed by atoms with van der Waals surface area (Å²) < 4.78 is 5.39. The summed E-state index contributed by atoms with van der Waals surface area (Å²) in [6.07, 6.45) is 2.63. The Bertz CT molecular complexity index is 167. The molecule has 0 radical (unpaired) electrons. The van der Waals surface area contributed by atoms with Gasteiger partial charge in [-0.2, -0.15) is 0 Å². The first-order valence-corrected chi connectivity index (χ1v) is 6.30. The van der Waals surface area contributed by atoms with Crippen molar-refractivity contribution in [3.63, 3.8) is 0 Å². The van der Waals surface area contributed by atoms with E-state index in [1.165, 1.54) is 25.9 Å². The molecule has 0 N–H and O–H groups in total. The molecule has 4 heteroatoms. The number of rotatable bonds is 6. The predicted octanol–water partition coefficient (Wildman–Crippen LogP) is 1.27. The van der Waals surface area contributed by atoms with Crippen molar-refractivity contribution in [3.8, 4) is 0 Å². The van der Waals surface area contributed by atoms with Crippen molar-refractivity contribution >= 4 is 11.6 Å². The summed E-state index contributed by atoms with van der Waals surface area (Å²) in [7, 11) is 4.33. The Hall–Kier alpha value is 0.170. The minimum absolute atomic E-state index is 0.598. The van der Waals surface area contributed by atoms with E-state index in [2.05, 4.69) is 23.9 Å². The molecule has 0 saturated carbocycles. The van der Waals surface area contributed by atoms with E-state index in [9.17, 15) is 0 Å². The lowest BCUT2D eigenvalue weighted by Gasteiger charge is -2.36. The maximum Gasteiger partial charge on any atom is 0.0602 e. The number of likely N-dealkylation sites (N-methyl/N-ethyl adjacent to an activating group) is 1. The lowest BCUT2D eigenvalue weighted by atomic mass is 10.1. The number of halogens is 1. The van der Waals surface area contributed by atoms with Crippen molar-refractivity contribution in [1.29, 1.82) is 0 Å². The summed E-state index contributed by atoms with van der Waals surface area (Å²) in [5.41, 5.74) is 0. The highest BCUT2D eigenvalue weighted by molar-refractivity contribution is 6.17. The summed E-state index contributed by atoms with van der Waals surface area (Å²) >= 11 is 5.54. The zero-order valence-corrected chi connectivity index (χ0v) is 10.7. The molecule has 0 aromatic heterocycles. The molecule has 1 aliphatic rings. The standard InChI is InChI=1S/C11H23ClN2O/c1-13(2)11-4-3-6-14(10-11)7-9-15-8-5-12/h11H,3-10H2,1-2H3. The summed E-state index contributed by atoms with van der Waals surface area (Å²) in [5, 5.41) is 0. The third kappa shape index (κ3) is 5.16. The van der Waals surface area contributed by atoms with Gasteiger partial charge in [0, 0.05) is 25.0 Å². The molecule has 1 rings (SSSR count). The summed E-state index contributed by atoms with van der Waals surface area (Å²) in [5.74, 6) is 0.598. The summed E-state index contributed by atoms with van der Waals surface area (Å²) in [6.45, 7) is 4.92. The van der Waals surface area contributed by atoms with Gasteiger partial charge in [0.15, 0.2) is 0 Å². The van der Waals surface area contributed by atoms with Gasteiger partial charge in [-0.15, -0.1) is 11.6 Å². The Morgan fingerprint density at radius 1 is 1.40 bits per heavy atom. The predicted molar refractivity (Wildman–Crippen MR) is 64.7 cm³/mol. The van der Waals surface area contributed by atoms with Crippen LogP contribution in [0.4, 0.5) is 0 Å². The van der Waals surface area contributed by atoms with Gasteiger partial charge in [0.25, 0.3) is 0 Å². The fraction of sp³-hybridized carbons (Fsp3) is 1.00. The lowest BCUT2D eigenvalue weighted by Crippen LogP contribution is -2.46. The van der Waals surface area contributed by atoms with Crippen LogP contribution in [0.1, 0.15) is 12.8 Å². The first-order chi connectivity index (χ1) is 7.24. The molecule has 1 heterocycles. The Morgan fingerprint density at radius 2 is 2.20 bits per heavy atom. The van der Waals surface area contributed by atoms with E-state index >= 15 is 0 Å². The largest absolute Gasteiger partial charge is 0.379 e. The second-order valence-electron chi connectivity index (χ2n) is 4.36. The molecule has 0 amide bonds. The zero-order chi connectivity index (χ0) is 11.1. The first-order valence-electron chi connectivity index (χ1n) is 5.76. The SMILES string of the molecule is CN(C)C1CCCN(CCOCCCl)C1. The Labute approximate surface area is 98.3 Å². The summed E-state index contributed by atoms with van der Waals surface area (Å²) in [6, 6.07) is 0.715. The van der Waals surface area contributed by atoms with E-state index in [-0.39, 0.29) is 0 Å². The molecule has 90 valence electrons. The van der Waals surface area contributed by atoms with Crippen LogP contribution in [0.25, 0.3) is 0 Å². The van der Waals surface area contributed by atoms with Crippen LogP contribution >= 0.6 is 11.6 Å². The minimum Gasteiger partial charge on any atom is -0.379 e. The number of ether oxygens (including phenoxy) is 1. The molecule has 0 aromatic rings. The average molecular weight is 235 g/mol. The van der Waals surface area contributed by atoms with E-state index in [4.69, 9.17) is 16.3 Å². The van der Waals surface area contributed by atoms with Gasteiger partial charge in [0.1, 0.15) is 0 Å². The maximum absolute atomic E-state index is 5.54. The van der Waals surface area contributed by atoms with Gasteiger partial charge < -0.3 is 9.64 Å². The fourth-order valence-corrected chi connectivity index (χ4v) is 2.12. The highest BCUT2D eigenvalue weighted by Crippen LogP contribution is 2.13. The van der Waals surface area contributed by atoms with Crippen LogP contribution in [0.5, 0.6) is 0 Å². The van der Waals surface area contributed by atoms with E-state index in [1.807, 2.05) is 0 Å². The Kier molecular flexibility index (Phi) is 6.57. The van der Waals surface area contributed by atoms with Gasteiger partial charge >= 0.3 is 0 Å². The molecule has 1 unspecified atom stereocenters. The zero-order valence-electron chi connectivity index (χ0n) is 9.91. The third-order valence-corrected chi connectivity index (χ3v) is 3.14. The quantitative estimate of drug-likeness (QED) is 0.509. The molecular weight excluding hydrogens is 212 g/mol. The van der Waals surface area contributed by atoms with Crippen LogP contribution in [0.2, 0.25) is 0 Å². The van der Waals surface area contributed by atoms with Crippen molar-refractivity contribution < 1.29 is 4.74 Å². The van der Waals surface area contributed by atoms with Gasteiger partial charge in [-0.25, -0.2) is 0 Å². The normalized spacial score (nSPS) is 23.6. The van der Waals surface area contributed by atoms with Gasteiger partial charge in [0.05, 0.1) is 13.2 Å². The van der Waals surface area contributed by atoms with Crippen LogP contribution in [0.3, 0.4) is 0 Å². The van der Waals surface area contributed by atoms with Crippen LogP contribution < -0.4 is 0 Å². The molecule has 0 aromatic carbocycles. The van der Waals surface area contributed by atoms with Crippen LogP contribution in [-0.2, 0) is 4.74 Å². The van der Waals surface area contributed by atoms with Crippen LogP contribution in [0.15, 0.2) is 0 Å². The number of hydrogen-bond acceptors (Lipinski definition) is 3. The molecule has 1 fully saturated rings. The molecule has 1 aliphatic heterocycles. The highest BCUT2D eigenvalue weighted by Gasteiger charge is 2.20. The van der Waals surface area contributed by atoms with Gasteiger partial charge in [-0.1, -0.05) is 0 Å². The lowest BCUT2D eigenvalue weighted by molar-refractivity contribution is 0.0813. The van der Waals surface area contributed by atoms with Crippen LogP contribution in [0, 0.1) is 0 Å². The highest BCUT2D eigenvalue weighted by atomic mass is 35.5. The third-order valence-electron chi connectivity index (χ3n) is 2.98. The van der Waals surface area contributed by atoms with E-state index in [1.54, 1.807) is 0 Å². The second kappa shape index (κ2) is 7.44. The number of hydrogen-bond donors (Lipinski definition) is 0. The van der Waals surface area contributed by atoms with E-state index in [0.717, 1.165) is 13.2 Å². The van der Waals surface area contributed by atoms with Crippen molar-refractivity contribution in [1.82, 2.24) is 9.80 Å². The van der Waals surface area contributed by atoms with Gasteiger partial charge in [-0.05, 0) is 33.5 Å². The molecule has 0 aliphatic carbocycles. The minimum atomic E-state index is 0.598. The first kappa shape index (κ1) is 13.2. The van der Waals surface area contributed by atoms with Gasteiger partial charge in [-0.3, -0.25) is 4.90 Å². The maximum atomic E-state index is 5.54. The molecule has 3 nitrogen and oxygen atoms in total. The van der Waals surface area contributed by atoms with Crippen molar-refractivity contribution in [2.45, 2.75) is 18.9 Å². The number of alkyl halides is 1. The second-order valence-corrected chi connectivity index (χ2v) is 4.74. The smallest absolute Gasteiger partial charge is 0.0602 e. The number of piperidine rings is 1. The topological polar surface area (TPSA) is 15.7 Å². The summed E-state index contributed by atoms with van der Waals surface area (Å²) in [4.78, 5) is 4.81. The molecular formula is C11H23ClN2O. The van der Waals surface area contributed by atoms with Gasteiger partial charge in [0.2, 0.25) is 0 Å². The fourth-order valence-electron chi connectivity index (χ4n) is 2.01. The van der Waals surface area contributed by atoms with Crippen molar-refractivity contribution in [2.75, 3.05) is 52.8 Å². The van der Waals surface area contributed by atoms with E-state index < -0.39 is 0 Å².